The standard InChI is InChI=1S/C30H30N4O3S/c1-5-32-29(35)34(25-11-13-26(14-12-25)38(4,36)37)19-21-8-6-9-22(16-21)27-18-24(30(2,3)20-31)17-23-10-7-15-33-28(23)27/h6-18H,5,19H2,1-4H3,(H,32,35). The van der Waals surface area contributed by atoms with Crippen LogP contribution in [0.4, 0.5) is 10.5 Å². The SMILES string of the molecule is CCNC(=O)N(Cc1cccc(-c2cc(C(C)(C)C#N)cc3cccnc23)c1)c1ccc(S(C)(=O)=O)cc1. The number of hydrogen-bond donors (Lipinski definition) is 1. The molecule has 0 saturated heterocycles. The zero-order valence-corrected chi connectivity index (χ0v) is 22.7. The van der Waals surface area contributed by atoms with E-state index in [-0.39, 0.29) is 17.5 Å². The molecule has 0 saturated carbocycles. The summed E-state index contributed by atoms with van der Waals surface area (Å²) in [7, 11) is -3.35. The van der Waals surface area contributed by atoms with Crippen molar-refractivity contribution in [3.8, 4) is 17.2 Å². The van der Waals surface area contributed by atoms with Gasteiger partial charge >= 0.3 is 6.03 Å². The van der Waals surface area contributed by atoms with E-state index in [1.807, 2.05) is 69.3 Å². The Morgan fingerprint density at radius 1 is 1.05 bits per heavy atom. The maximum absolute atomic E-state index is 13.0. The molecular formula is C30H30N4O3S. The second-order valence-electron chi connectivity index (χ2n) is 9.72. The minimum Gasteiger partial charge on any atom is -0.338 e. The Morgan fingerprint density at radius 2 is 1.79 bits per heavy atom. The molecular weight excluding hydrogens is 496 g/mol. The lowest BCUT2D eigenvalue weighted by Gasteiger charge is -2.24. The second-order valence-corrected chi connectivity index (χ2v) is 11.7. The number of sulfone groups is 1. The van der Waals surface area contributed by atoms with Crippen LogP contribution in [0.3, 0.4) is 0 Å². The van der Waals surface area contributed by atoms with Gasteiger partial charge in [0.1, 0.15) is 0 Å². The van der Waals surface area contributed by atoms with Gasteiger partial charge in [0.25, 0.3) is 0 Å². The predicted molar refractivity (Wildman–Crippen MR) is 151 cm³/mol. The molecule has 0 unspecified atom stereocenters. The quantitative estimate of drug-likeness (QED) is 0.326. The van der Waals surface area contributed by atoms with Crippen LogP contribution in [0.25, 0.3) is 22.0 Å². The summed E-state index contributed by atoms with van der Waals surface area (Å²) in [5, 5.41) is 13.5. The van der Waals surface area contributed by atoms with Gasteiger partial charge in [0.15, 0.2) is 9.84 Å². The Kier molecular flexibility index (Phi) is 7.51. The molecule has 0 atom stereocenters. The van der Waals surface area contributed by atoms with Gasteiger partial charge < -0.3 is 5.32 Å². The molecule has 7 nitrogen and oxygen atoms in total. The maximum atomic E-state index is 13.0. The number of rotatable bonds is 7. The van der Waals surface area contributed by atoms with Crippen molar-refractivity contribution in [2.75, 3.05) is 17.7 Å². The number of amides is 2. The zero-order chi connectivity index (χ0) is 27.5. The highest BCUT2D eigenvalue weighted by Gasteiger charge is 2.22. The molecule has 0 aliphatic heterocycles. The third kappa shape index (κ3) is 5.68. The first-order chi connectivity index (χ1) is 18.0. The normalized spacial score (nSPS) is 11.7. The van der Waals surface area contributed by atoms with E-state index in [4.69, 9.17) is 0 Å². The fourth-order valence-corrected chi connectivity index (χ4v) is 4.89. The van der Waals surface area contributed by atoms with Crippen LogP contribution in [0.1, 0.15) is 31.9 Å². The van der Waals surface area contributed by atoms with E-state index in [1.165, 1.54) is 12.1 Å². The van der Waals surface area contributed by atoms with Gasteiger partial charge in [-0.15, -0.1) is 0 Å². The molecule has 8 heteroatoms. The summed E-state index contributed by atoms with van der Waals surface area (Å²) in [6, 6.07) is 24.2. The highest BCUT2D eigenvalue weighted by atomic mass is 32.2. The number of fused-ring (bicyclic) bond motifs is 1. The number of nitriles is 1. The van der Waals surface area contributed by atoms with E-state index in [1.54, 1.807) is 23.2 Å². The van der Waals surface area contributed by atoms with Gasteiger partial charge in [-0.3, -0.25) is 9.88 Å². The highest BCUT2D eigenvalue weighted by molar-refractivity contribution is 7.90. The number of nitrogens with zero attached hydrogens (tertiary/aromatic N) is 3. The predicted octanol–water partition coefficient (Wildman–Crippen LogP) is 5.84. The largest absolute Gasteiger partial charge is 0.338 e. The van der Waals surface area contributed by atoms with Crippen LogP contribution in [0.5, 0.6) is 0 Å². The number of pyridine rings is 1. The molecule has 0 radical (unpaired) electrons. The topological polar surface area (TPSA) is 103 Å². The summed E-state index contributed by atoms with van der Waals surface area (Å²) < 4.78 is 23.8. The van der Waals surface area contributed by atoms with E-state index in [2.05, 4.69) is 16.4 Å². The second kappa shape index (κ2) is 10.6. The lowest BCUT2D eigenvalue weighted by molar-refractivity contribution is 0.246. The number of hydrogen-bond acceptors (Lipinski definition) is 5. The Hall–Kier alpha value is -4.22. The van der Waals surface area contributed by atoms with E-state index < -0.39 is 15.3 Å². The van der Waals surface area contributed by atoms with Gasteiger partial charge in [0.2, 0.25) is 0 Å². The molecule has 194 valence electrons. The Labute approximate surface area is 223 Å². The van der Waals surface area contributed by atoms with Gasteiger partial charge in [-0.2, -0.15) is 5.26 Å². The fraction of sp³-hybridized carbons (Fsp3) is 0.233. The van der Waals surface area contributed by atoms with Gasteiger partial charge in [-0.25, -0.2) is 13.2 Å². The molecule has 0 aliphatic rings. The number of aromatic nitrogens is 1. The average molecular weight is 527 g/mol. The van der Waals surface area contributed by atoms with E-state index in [9.17, 15) is 18.5 Å². The summed E-state index contributed by atoms with van der Waals surface area (Å²) in [4.78, 5) is 19.4. The number of carbonyl (C=O) groups excluding carboxylic acids is 1. The molecule has 3 aromatic carbocycles. The zero-order valence-electron chi connectivity index (χ0n) is 21.9. The first-order valence-electron chi connectivity index (χ1n) is 12.3. The smallest absolute Gasteiger partial charge is 0.322 e. The van der Waals surface area contributed by atoms with Crippen LogP contribution in [-0.2, 0) is 21.8 Å². The molecule has 2 amide bonds. The van der Waals surface area contributed by atoms with E-state index >= 15 is 0 Å². The molecule has 0 bridgehead atoms. The van der Waals surface area contributed by atoms with Crippen molar-refractivity contribution in [2.24, 2.45) is 0 Å². The van der Waals surface area contributed by atoms with Crippen molar-refractivity contribution < 1.29 is 13.2 Å². The number of anilines is 1. The van der Waals surface area contributed by atoms with E-state index in [0.29, 0.717) is 12.2 Å². The van der Waals surface area contributed by atoms with Gasteiger partial charge in [0.05, 0.1) is 28.4 Å². The highest BCUT2D eigenvalue weighted by Crippen LogP contribution is 2.34. The summed E-state index contributed by atoms with van der Waals surface area (Å²) in [5.41, 5.74) is 4.35. The Bertz CT molecular complexity index is 1640. The molecule has 38 heavy (non-hydrogen) atoms. The van der Waals surface area contributed by atoms with Gasteiger partial charge in [-0.05, 0) is 86.0 Å². The minimum atomic E-state index is -3.35. The molecule has 0 fully saturated rings. The van der Waals surface area contributed by atoms with E-state index in [0.717, 1.165) is 39.4 Å². The lowest BCUT2D eigenvalue weighted by atomic mass is 9.83. The monoisotopic (exact) mass is 526 g/mol. The molecule has 1 aromatic heterocycles. The van der Waals surface area contributed by atoms with Crippen molar-refractivity contribution in [2.45, 2.75) is 37.6 Å². The summed E-state index contributed by atoms with van der Waals surface area (Å²) in [6.07, 6.45) is 2.90. The van der Waals surface area contributed by atoms with Crippen LogP contribution in [0, 0.1) is 11.3 Å². The first kappa shape index (κ1) is 26.8. The number of benzene rings is 3. The fourth-order valence-electron chi connectivity index (χ4n) is 4.26. The maximum Gasteiger partial charge on any atom is 0.322 e. The number of urea groups is 1. The van der Waals surface area contributed by atoms with Crippen LogP contribution in [0.2, 0.25) is 0 Å². The van der Waals surface area contributed by atoms with Crippen LogP contribution in [0.15, 0.2) is 83.9 Å². The molecule has 0 spiro atoms. The molecule has 4 aromatic rings. The van der Waals surface area contributed by atoms with Crippen molar-refractivity contribution in [3.63, 3.8) is 0 Å². The first-order valence-corrected chi connectivity index (χ1v) is 14.2. The third-order valence-corrected chi connectivity index (χ3v) is 7.56. The van der Waals surface area contributed by atoms with Crippen molar-refractivity contribution >= 4 is 32.5 Å². The van der Waals surface area contributed by atoms with Crippen LogP contribution < -0.4 is 10.2 Å². The third-order valence-electron chi connectivity index (χ3n) is 6.43. The van der Waals surface area contributed by atoms with Crippen molar-refractivity contribution in [1.82, 2.24) is 10.3 Å². The minimum absolute atomic E-state index is 0.193. The molecule has 1 heterocycles. The Balaban J connectivity index is 1.77. The lowest BCUT2D eigenvalue weighted by Crippen LogP contribution is -2.39. The van der Waals surface area contributed by atoms with Gasteiger partial charge in [-0.1, -0.05) is 24.3 Å². The Morgan fingerprint density at radius 3 is 2.45 bits per heavy atom. The van der Waals surface area contributed by atoms with Crippen molar-refractivity contribution in [3.05, 3.63) is 90.1 Å². The summed E-state index contributed by atoms with van der Waals surface area (Å²) in [6.45, 7) is 6.36. The molecule has 0 aliphatic carbocycles. The summed E-state index contributed by atoms with van der Waals surface area (Å²) >= 11 is 0. The number of nitrogens with one attached hydrogen (secondary N) is 1. The average Bonchev–Trinajstić information content (AvgIpc) is 2.91. The molecule has 4 rings (SSSR count). The van der Waals surface area contributed by atoms with Crippen molar-refractivity contribution in [1.29, 1.82) is 5.26 Å². The number of carbonyl (C=O) groups is 1. The molecule has 1 N–H and O–H groups in total. The van der Waals surface area contributed by atoms with Crippen LogP contribution in [-0.4, -0.2) is 32.2 Å². The van der Waals surface area contributed by atoms with Crippen LogP contribution >= 0.6 is 0 Å². The summed E-state index contributed by atoms with van der Waals surface area (Å²) in [5.74, 6) is 0. The van der Waals surface area contributed by atoms with Gasteiger partial charge in [0, 0.05) is 35.6 Å².